The second-order valence-electron chi connectivity index (χ2n) is 2.27. The molecule has 0 atom stereocenters. The van der Waals surface area contributed by atoms with Crippen molar-refractivity contribution in [1.29, 1.82) is 0 Å². The van der Waals surface area contributed by atoms with Gasteiger partial charge in [0.15, 0.2) is 5.78 Å². The molecule has 1 rings (SSSR count). The molecule has 0 radical (unpaired) electrons. The predicted octanol–water partition coefficient (Wildman–Crippen LogP) is 2.99. The number of carbonyl (C=O) groups excluding carboxylic acids is 1. The maximum absolute atomic E-state index is 11.3. The van der Waals surface area contributed by atoms with Gasteiger partial charge in [0.05, 0.1) is 4.88 Å². The van der Waals surface area contributed by atoms with E-state index in [4.69, 9.17) is 16.7 Å². The van der Waals surface area contributed by atoms with Crippen LogP contribution in [0.1, 0.15) is 9.67 Å². The number of carboxylic acids is 1. The molecule has 0 fully saturated rings. The summed E-state index contributed by atoms with van der Waals surface area (Å²) in [4.78, 5) is 21.8. The predicted molar refractivity (Wildman–Crippen MR) is 58.1 cm³/mol. The minimum absolute atomic E-state index is 0.370. The maximum Gasteiger partial charge on any atom is 0.328 e. The van der Waals surface area contributed by atoms with Gasteiger partial charge in [0.1, 0.15) is 4.34 Å². The van der Waals surface area contributed by atoms with E-state index in [9.17, 15) is 9.59 Å². The quantitative estimate of drug-likeness (QED) is 0.689. The van der Waals surface area contributed by atoms with Crippen molar-refractivity contribution in [1.82, 2.24) is 0 Å². The van der Waals surface area contributed by atoms with Crippen molar-refractivity contribution >= 4 is 50.6 Å². The van der Waals surface area contributed by atoms with Gasteiger partial charge in [0, 0.05) is 10.5 Å². The summed E-state index contributed by atoms with van der Waals surface area (Å²) < 4.78 is 1.10. The van der Waals surface area contributed by atoms with Gasteiger partial charge >= 0.3 is 5.97 Å². The lowest BCUT2D eigenvalue weighted by molar-refractivity contribution is -0.131. The van der Waals surface area contributed by atoms with Crippen LogP contribution < -0.4 is 0 Å². The van der Waals surface area contributed by atoms with Gasteiger partial charge in [-0.05, 0) is 28.1 Å². The molecule has 1 aromatic rings. The van der Waals surface area contributed by atoms with Gasteiger partial charge in [0.2, 0.25) is 0 Å². The number of carboxylic acid groups (broad SMARTS) is 1. The summed E-state index contributed by atoms with van der Waals surface area (Å²) in [5.74, 6) is -1.52. The number of hydrogen-bond donors (Lipinski definition) is 1. The number of rotatable bonds is 3. The second kappa shape index (κ2) is 4.72. The Bertz CT molecular complexity index is 391. The van der Waals surface area contributed by atoms with E-state index in [0.717, 1.165) is 23.5 Å². The van der Waals surface area contributed by atoms with Crippen LogP contribution in [0.15, 0.2) is 22.7 Å². The zero-order valence-corrected chi connectivity index (χ0v) is 9.82. The van der Waals surface area contributed by atoms with Crippen LogP contribution in [0.2, 0.25) is 4.34 Å². The monoisotopic (exact) mass is 294 g/mol. The molecule has 0 bridgehead atoms. The van der Waals surface area contributed by atoms with Crippen molar-refractivity contribution < 1.29 is 14.7 Å². The molecule has 0 aliphatic rings. The number of halogens is 2. The number of thiophene rings is 1. The number of allylic oxidation sites excluding steroid dienone is 1. The molecule has 1 heterocycles. The molecule has 0 aromatic carbocycles. The lowest BCUT2D eigenvalue weighted by Crippen LogP contribution is -1.93. The standard InChI is InChI=1S/C8H4BrClO3S/c9-4-3-6(14-8(4)10)5(11)1-2-7(12)13/h1-3H,(H,12,13)/b2-1+. The number of carbonyl (C=O) groups is 2. The molecule has 1 aromatic heterocycles. The van der Waals surface area contributed by atoms with Gasteiger partial charge in [-0.1, -0.05) is 11.6 Å². The molecule has 6 heteroatoms. The van der Waals surface area contributed by atoms with Crippen LogP contribution in [-0.4, -0.2) is 16.9 Å². The Labute approximate surface area is 97.1 Å². The smallest absolute Gasteiger partial charge is 0.328 e. The highest BCUT2D eigenvalue weighted by Gasteiger charge is 2.09. The van der Waals surface area contributed by atoms with E-state index in [1.54, 1.807) is 6.07 Å². The lowest BCUT2D eigenvalue weighted by Gasteiger charge is -1.85. The van der Waals surface area contributed by atoms with Crippen molar-refractivity contribution in [3.63, 3.8) is 0 Å². The molecular weight excluding hydrogens is 292 g/mol. The van der Waals surface area contributed by atoms with Crippen LogP contribution in [0.3, 0.4) is 0 Å². The summed E-state index contributed by atoms with van der Waals surface area (Å²) in [5.41, 5.74) is 0. The fourth-order valence-corrected chi connectivity index (χ4v) is 2.32. The van der Waals surface area contributed by atoms with Crippen LogP contribution >= 0.6 is 38.9 Å². The second-order valence-corrected chi connectivity index (χ2v) is 4.78. The largest absolute Gasteiger partial charge is 0.478 e. The molecule has 1 N–H and O–H groups in total. The molecule has 0 saturated carbocycles. The third-order valence-electron chi connectivity index (χ3n) is 1.27. The topological polar surface area (TPSA) is 54.4 Å². The van der Waals surface area contributed by atoms with Crippen LogP contribution in [0.25, 0.3) is 0 Å². The Hall–Kier alpha value is -0.650. The van der Waals surface area contributed by atoms with E-state index in [2.05, 4.69) is 15.9 Å². The first-order chi connectivity index (χ1) is 6.50. The first-order valence-electron chi connectivity index (χ1n) is 3.41. The van der Waals surface area contributed by atoms with Gasteiger partial charge in [-0.2, -0.15) is 0 Å². The average Bonchev–Trinajstić information content (AvgIpc) is 2.43. The summed E-state index contributed by atoms with van der Waals surface area (Å²) in [5, 5.41) is 8.30. The molecule has 0 aliphatic heterocycles. The fourth-order valence-electron chi connectivity index (χ4n) is 0.697. The van der Waals surface area contributed by atoms with Crippen LogP contribution in [-0.2, 0) is 4.79 Å². The summed E-state index contributed by atoms with van der Waals surface area (Å²) in [6, 6.07) is 1.56. The molecule has 0 spiro atoms. The maximum atomic E-state index is 11.3. The van der Waals surface area contributed by atoms with Gasteiger partial charge in [-0.15, -0.1) is 11.3 Å². The van der Waals surface area contributed by atoms with Gasteiger partial charge in [0.25, 0.3) is 0 Å². The zero-order valence-electron chi connectivity index (χ0n) is 6.66. The Morgan fingerprint density at radius 1 is 1.50 bits per heavy atom. The average molecular weight is 296 g/mol. The van der Waals surface area contributed by atoms with Crippen molar-refractivity contribution in [3.8, 4) is 0 Å². The summed E-state index contributed by atoms with van der Waals surface area (Å²) in [6.45, 7) is 0. The molecule has 0 saturated heterocycles. The Morgan fingerprint density at radius 3 is 2.57 bits per heavy atom. The number of ketones is 1. The van der Waals surface area contributed by atoms with Crippen molar-refractivity contribution in [3.05, 3.63) is 31.9 Å². The summed E-state index contributed by atoms with van der Waals surface area (Å²) >= 11 is 9.96. The van der Waals surface area contributed by atoms with E-state index >= 15 is 0 Å². The lowest BCUT2D eigenvalue weighted by atomic mass is 10.3. The van der Waals surface area contributed by atoms with Gasteiger partial charge < -0.3 is 5.11 Å². The highest BCUT2D eigenvalue weighted by Crippen LogP contribution is 2.32. The fraction of sp³-hybridized carbons (Fsp3) is 0. The molecule has 74 valence electrons. The number of aliphatic carboxylic acids is 1. The van der Waals surface area contributed by atoms with Crippen molar-refractivity contribution in [2.24, 2.45) is 0 Å². The SMILES string of the molecule is O=C(O)/C=C/C(=O)c1cc(Br)c(Cl)s1. The third-order valence-corrected chi connectivity index (χ3v) is 3.75. The molecule has 14 heavy (non-hydrogen) atoms. The van der Waals surface area contributed by atoms with Crippen LogP contribution in [0.4, 0.5) is 0 Å². The van der Waals surface area contributed by atoms with E-state index in [0.29, 0.717) is 13.7 Å². The van der Waals surface area contributed by atoms with E-state index in [1.807, 2.05) is 0 Å². The summed E-state index contributed by atoms with van der Waals surface area (Å²) in [7, 11) is 0. The van der Waals surface area contributed by atoms with Gasteiger partial charge in [-0.25, -0.2) is 4.79 Å². The first kappa shape index (κ1) is 11.4. The van der Waals surface area contributed by atoms with Crippen LogP contribution in [0.5, 0.6) is 0 Å². The highest BCUT2D eigenvalue weighted by atomic mass is 79.9. The molecule has 0 amide bonds. The van der Waals surface area contributed by atoms with E-state index < -0.39 is 5.97 Å². The minimum Gasteiger partial charge on any atom is -0.478 e. The van der Waals surface area contributed by atoms with E-state index in [-0.39, 0.29) is 5.78 Å². The zero-order chi connectivity index (χ0) is 10.7. The van der Waals surface area contributed by atoms with Crippen molar-refractivity contribution in [2.45, 2.75) is 0 Å². The Kier molecular flexibility index (Phi) is 3.86. The molecular formula is C8H4BrClO3S. The van der Waals surface area contributed by atoms with E-state index in [1.165, 1.54) is 0 Å². The molecule has 3 nitrogen and oxygen atoms in total. The first-order valence-corrected chi connectivity index (χ1v) is 5.39. The summed E-state index contributed by atoms with van der Waals surface area (Å²) in [6.07, 6.45) is 1.79. The number of hydrogen-bond acceptors (Lipinski definition) is 3. The Morgan fingerprint density at radius 2 is 2.14 bits per heavy atom. The molecule has 0 unspecified atom stereocenters. The Balaban J connectivity index is 2.85. The third kappa shape index (κ3) is 2.94. The van der Waals surface area contributed by atoms with Crippen LogP contribution in [0, 0.1) is 0 Å². The highest BCUT2D eigenvalue weighted by molar-refractivity contribution is 9.10. The minimum atomic E-state index is -1.15. The van der Waals surface area contributed by atoms with Gasteiger partial charge in [-0.3, -0.25) is 4.79 Å². The normalized spacial score (nSPS) is 10.7. The molecule has 0 aliphatic carbocycles. The van der Waals surface area contributed by atoms with Crippen molar-refractivity contribution in [2.75, 3.05) is 0 Å².